The van der Waals surface area contributed by atoms with Crippen molar-refractivity contribution < 1.29 is 14.0 Å². The highest BCUT2D eigenvalue weighted by molar-refractivity contribution is 5.92. The van der Waals surface area contributed by atoms with Crippen LogP contribution in [0.2, 0.25) is 0 Å². The number of hydrogen-bond donors (Lipinski definition) is 1. The number of carbonyl (C=O) groups is 2. The van der Waals surface area contributed by atoms with E-state index in [2.05, 4.69) is 15.3 Å². The van der Waals surface area contributed by atoms with Gasteiger partial charge in [0.1, 0.15) is 11.5 Å². The fraction of sp³-hybridized carbons (Fsp3) is 0.412. The minimum atomic E-state index is -0.281. The first kappa shape index (κ1) is 17.7. The summed E-state index contributed by atoms with van der Waals surface area (Å²) in [5.41, 5.74) is 0.242. The number of furan rings is 1. The second-order valence-electron chi connectivity index (χ2n) is 5.84. The second kappa shape index (κ2) is 8.81. The van der Waals surface area contributed by atoms with E-state index in [-0.39, 0.29) is 37.0 Å². The predicted molar refractivity (Wildman–Crippen MR) is 87.9 cm³/mol. The molecule has 0 aromatic carbocycles. The SMILES string of the molecule is CC(C)CNC(=O)CCN(Cc1ccco1)C(=O)c1cnccn1. The average Bonchev–Trinajstić information content (AvgIpc) is 3.10. The average molecular weight is 330 g/mol. The molecule has 2 aromatic heterocycles. The zero-order valence-electron chi connectivity index (χ0n) is 13.9. The van der Waals surface area contributed by atoms with Crippen molar-refractivity contribution in [3.8, 4) is 0 Å². The van der Waals surface area contributed by atoms with E-state index >= 15 is 0 Å². The van der Waals surface area contributed by atoms with Gasteiger partial charge in [-0.3, -0.25) is 14.6 Å². The molecular weight excluding hydrogens is 308 g/mol. The smallest absolute Gasteiger partial charge is 0.274 e. The summed E-state index contributed by atoms with van der Waals surface area (Å²) in [6, 6.07) is 3.55. The van der Waals surface area contributed by atoms with Crippen LogP contribution in [0.1, 0.15) is 36.5 Å². The zero-order chi connectivity index (χ0) is 17.4. The van der Waals surface area contributed by atoms with Gasteiger partial charge in [0.05, 0.1) is 19.0 Å². The second-order valence-corrected chi connectivity index (χ2v) is 5.84. The Labute approximate surface area is 141 Å². The van der Waals surface area contributed by atoms with Crippen LogP contribution < -0.4 is 5.32 Å². The lowest BCUT2D eigenvalue weighted by Crippen LogP contribution is -2.36. The number of aromatic nitrogens is 2. The van der Waals surface area contributed by atoms with Crippen molar-refractivity contribution in [2.45, 2.75) is 26.8 Å². The van der Waals surface area contributed by atoms with Crippen molar-refractivity contribution in [3.05, 3.63) is 48.4 Å². The van der Waals surface area contributed by atoms with Gasteiger partial charge < -0.3 is 14.6 Å². The van der Waals surface area contributed by atoms with Crippen LogP contribution in [0.25, 0.3) is 0 Å². The maximum Gasteiger partial charge on any atom is 0.274 e. The Balaban J connectivity index is 2.00. The largest absolute Gasteiger partial charge is 0.467 e. The molecule has 2 aromatic rings. The minimum absolute atomic E-state index is 0.0832. The molecule has 0 fully saturated rings. The highest BCUT2D eigenvalue weighted by atomic mass is 16.3. The Kier molecular flexibility index (Phi) is 6.48. The molecule has 128 valence electrons. The Morgan fingerprint density at radius 1 is 1.33 bits per heavy atom. The highest BCUT2D eigenvalue weighted by Gasteiger charge is 2.19. The lowest BCUT2D eigenvalue weighted by atomic mass is 10.2. The first-order valence-corrected chi connectivity index (χ1v) is 7.90. The molecular formula is C17H22N4O3. The van der Waals surface area contributed by atoms with Gasteiger partial charge in [-0.1, -0.05) is 13.8 Å². The van der Waals surface area contributed by atoms with Gasteiger partial charge >= 0.3 is 0 Å². The van der Waals surface area contributed by atoms with Crippen LogP contribution >= 0.6 is 0 Å². The fourth-order valence-corrected chi connectivity index (χ4v) is 2.06. The van der Waals surface area contributed by atoms with E-state index in [9.17, 15) is 9.59 Å². The molecule has 2 amide bonds. The van der Waals surface area contributed by atoms with E-state index in [1.165, 1.54) is 23.5 Å². The molecule has 7 heteroatoms. The Morgan fingerprint density at radius 2 is 2.17 bits per heavy atom. The lowest BCUT2D eigenvalue weighted by Gasteiger charge is -2.21. The number of hydrogen-bond acceptors (Lipinski definition) is 5. The zero-order valence-corrected chi connectivity index (χ0v) is 13.9. The van der Waals surface area contributed by atoms with Crippen LogP contribution in [0.15, 0.2) is 41.4 Å². The van der Waals surface area contributed by atoms with E-state index in [1.54, 1.807) is 18.4 Å². The number of nitrogens with one attached hydrogen (secondary N) is 1. The maximum atomic E-state index is 12.6. The van der Waals surface area contributed by atoms with Crippen molar-refractivity contribution in [2.75, 3.05) is 13.1 Å². The molecule has 0 aliphatic rings. The quantitative estimate of drug-likeness (QED) is 0.798. The van der Waals surface area contributed by atoms with E-state index < -0.39 is 0 Å². The number of nitrogens with zero attached hydrogens (tertiary/aromatic N) is 3. The molecule has 0 saturated heterocycles. The molecule has 1 N–H and O–H groups in total. The number of carbonyl (C=O) groups excluding carboxylic acids is 2. The van der Waals surface area contributed by atoms with Crippen molar-refractivity contribution in [1.29, 1.82) is 0 Å². The summed E-state index contributed by atoms with van der Waals surface area (Å²) in [7, 11) is 0. The summed E-state index contributed by atoms with van der Waals surface area (Å²) in [6.45, 7) is 5.23. The molecule has 0 atom stereocenters. The summed E-state index contributed by atoms with van der Waals surface area (Å²) in [5.74, 6) is 0.667. The van der Waals surface area contributed by atoms with Crippen molar-refractivity contribution in [1.82, 2.24) is 20.2 Å². The molecule has 0 spiro atoms. The van der Waals surface area contributed by atoms with Crippen molar-refractivity contribution in [2.24, 2.45) is 5.92 Å². The predicted octanol–water partition coefficient (Wildman–Crippen LogP) is 1.87. The summed E-state index contributed by atoms with van der Waals surface area (Å²) in [5, 5.41) is 2.85. The monoisotopic (exact) mass is 330 g/mol. The van der Waals surface area contributed by atoms with E-state index in [0.29, 0.717) is 18.2 Å². The van der Waals surface area contributed by atoms with E-state index in [4.69, 9.17) is 4.42 Å². The molecule has 24 heavy (non-hydrogen) atoms. The normalized spacial score (nSPS) is 10.6. The van der Waals surface area contributed by atoms with Gasteiger partial charge in [-0.05, 0) is 18.1 Å². The van der Waals surface area contributed by atoms with Crippen LogP contribution in [0, 0.1) is 5.92 Å². The van der Waals surface area contributed by atoms with Crippen LogP contribution in [-0.2, 0) is 11.3 Å². The molecule has 0 aliphatic heterocycles. The number of amides is 2. The van der Waals surface area contributed by atoms with Gasteiger partial charge in [-0.2, -0.15) is 0 Å². The van der Waals surface area contributed by atoms with Crippen LogP contribution in [0.4, 0.5) is 0 Å². The standard InChI is InChI=1S/C17H22N4O3/c1-13(2)10-20-16(22)5-8-21(12-14-4-3-9-24-14)17(23)15-11-18-6-7-19-15/h3-4,6-7,9,11,13H,5,8,10,12H2,1-2H3,(H,20,22). The van der Waals surface area contributed by atoms with Crippen LogP contribution in [0.5, 0.6) is 0 Å². The molecule has 2 heterocycles. The van der Waals surface area contributed by atoms with Crippen molar-refractivity contribution in [3.63, 3.8) is 0 Å². The first-order chi connectivity index (χ1) is 11.6. The fourth-order valence-electron chi connectivity index (χ4n) is 2.06. The lowest BCUT2D eigenvalue weighted by molar-refractivity contribution is -0.121. The van der Waals surface area contributed by atoms with E-state index in [0.717, 1.165) is 0 Å². The summed E-state index contributed by atoms with van der Waals surface area (Å²) in [4.78, 5) is 34.0. The summed E-state index contributed by atoms with van der Waals surface area (Å²) in [6.07, 6.45) is 6.16. The molecule has 0 unspecified atom stereocenters. The third-order valence-electron chi connectivity index (χ3n) is 3.31. The van der Waals surface area contributed by atoms with Crippen molar-refractivity contribution >= 4 is 11.8 Å². The topological polar surface area (TPSA) is 88.3 Å². The maximum absolute atomic E-state index is 12.6. The minimum Gasteiger partial charge on any atom is -0.467 e. The third-order valence-corrected chi connectivity index (χ3v) is 3.31. The van der Waals surface area contributed by atoms with Crippen LogP contribution in [0.3, 0.4) is 0 Å². The summed E-state index contributed by atoms with van der Waals surface area (Å²) < 4.78 is 5.31. The molecule has 0 saturated carbocycles. The molecule has 0 radical (unpaired) electrons. The van der Waals surface area contributed by atoms with E-state index in [1.807, 2.05) is 13.8 Å². The molecule has 0 aliphatic carbocycles. The summed E-state index contributed by atoms with van der Waals surface area (Å²) >= 11 is 0. The van der Waals surface area contributed by atoms with Crippen LogP contribution in [-0.4, -0.2) is 39.8 Å². The first-order valence-electron chi connectivity index (χ1n) is 7.90. The molecule has 0 bridgehead atoms. The van der Waals surface area contributed by atoms with Gasteiger partial charge in [0, 0.05) is 31.9 Å². The Morgan fingerprint density at radius 3 is 2.79 bits per heavy atom. The van der Waals surface area contributed by atoms with Gasteiger partial charge in [0.2, 0.25) is 5.91 Å². The van der Waals surface area contributed by atoms with Gasteiger partial charge in [0.25, 0.3) is 5.91 Å². The molecule has 7 nitrogen and oxygen atoms in total. The highest BCUT2D eigenvalue weighted by Crippen LogP contribution is 2.09. The van der Waals surface area contributed by atoms with Gasteiger partial charge in [-0.15, -0.1) is 0 Å². The Bertz CT molecular complexity index is 641. The Hall–Kier alpha value is -2.70. The van der Waals surface area contributed by atoms with Gasteiger partial charge in [0.15, 0.2) is 0 Å². The molecule has 2 rings (SSSR count). The number of rotatable bonds is 8. The van der Waals surface area contributed by atoms with Gasteiger partial charge in [-0.25, -0.2) is 4.98 Å². The third kappa shape index (κ3) is 5.49.